The first-order valence-corrected chi connectivity index (χ1v) is 12.1. The zero-order valence-electron chi connectivity index (χ0n) is 19.7. The van der Waals surface area contributed by atoms with Crippen LogP contribution in [0.1, 0.15) is 34.5 Å². The maximum atomic E-state index is 13.4. The van der Waals surface area contributed by atoms with E-state index in [2.05, 4.69) is 53.4 Å². The topological polar surface area (TPSA) is 54.8 Å². The minimum atomic E-state index is -0.0983. The van der Waals surface area contributed by atoms with Crippen molar-refractivity contribution in [1.82, 2.24) is 14.4 Å². The molecule has 0 bridgehead atoms. The fourth-order valence-electron chi connectivity index (χ4n) is 5.11. The van der Waals surface area contributed by atoms with Gasteiger partial charge >= 0.3 is 0 Å². The highest BCUT2D eigenvalue weighted by Crippen LogP contribution is 2.26. The first kappa shape index (κ1) is 22.4. The molecule has 6 heteroatoms. The summed E-state index contributed by atoms with van der Waals surface area (Å²) in [7, 11) is 1.54. The van der Waals surface area contributed by atoms with Crippen LogP contribution >= 0.6 is 0 Å². The molecule has 1 aromatic heterocycles. The minimum Gasteiger partial charge on any atom is -0.496 e. The van der Waals surface area contributed by atoms with E-state index in [-0.39, 0.29) is 11.5 Å². The van der Waals surface area contributed by atoms with Crippen molar-refractivity contribution in [2.24, 2.45) is 0 Å². The highest BCUT2D eigenvalue weighted by Gasteiger charge is 2.29. The summed E-state index contributed by atoms with van der Waals surface area (Å²) in [6.45, 7) is 4.46. The number of likely N-dealkylation sites (tertiary alicyclic amines) is 1. The van der Waals surface area contributed by atoms with Crippen LogP contribution in [0.2, 0.25) is 0 Å². The highest BCUT2D eigenvalue weighted by molar-refractivity contribution is 5.98. The summed E-state index contributed by atoms with van der Waals surface area (Å²) in [5.74, 6) is 0.390. The summed E-state index contributed by atoms with van der Waals surface area (Å²) < 4.78 is 7.29. The molecule has 34 heavy (non-hydrogen) atoms. The van der Waals surface area contributed by atoms with Gasteiger partial charge in [-0.3, -0.25) is 14.5 Å². The van der Waals surface area contributed by atoms with Gasteiger partial charge in [0.15, 0.2) is 0 Å². The molecular formula is C28H31N3O3. The molecule has 0 spiro atoms. The van der Waals surface area contributed by atoms with Crippen molar-refractivity contribution in [2.45, 2.75) is 32.4 Å². The van der Waals surface area contributed by atoms with Crippen molar-refractivity contribution >= 4 is 5.91 Å². The number of methoxy groups -OCH3 is 1. The third kappa shape index (κ3) is 4.50. The molecular weight excluding hydrogens is 426 g/mol. The minimum absolute atomic E-state index is 0.0111. The molecule has 6 nitrogen and oxygen atoms in total. The lowest BCUT2D eigenvalue weighted by atomic mass is 10.0. The average molecular weight is 458 g/mol. The molecule has 1 saturated heterocycles. The van der Waals surface area contributed by atoms with Crippen molar-refractivity contribution in [2.75, 3.05) is 33.3 Å². The molecule has 0 radical (unpaired) electrons. The van der Waals surface area contributed by atoms with E-state index in [1.165, 1.54) is 29.9 Å². The predicted octanol–water partition coefficient (Wildman–Crippen LogP) is 3.82. The smallest absolute Gasteiger partial charge is 0.259 e. The van der Waals surface area contributed by atoms with Crippen LogP contribution in [0.3, 0.4) is 0 Å². The fraction of sp³-hybridized carbons (Fsp3) is 0.357. The Balaban J connectivity index is 1.35. The van der Waals surface area contributed by atoms with Crippen LogP contribution < -0.4 is 10.3 Å². The van der Waals surface area contributed by atoms with Crippen LogP contribution in [0, 0.1) is 0 Å². The van der Waals surface area contributed by atoms with Crippen LogP contribution in [0.15, 0.2) is 65.5 Å². The molecule has 2 aliphatic rings. The van der Waals surface area contributed by atoms with Crippen LogP contribution in [-0.4, -0.2) is 53.6 Å². The van der Waals surface area contributed by atoms with Crippen molar-refractivity contribution in [3.63, 3.8) is 0 Å². The molecule has 0 atom stereocenters. The van der Waals surface area contributed by atoms with E-state index in [1.807, 2.05) is 11.0 Å². The number of hydrogen-bond donors (Lipinski definition) is 0. The Morgan fingerprint density at radius 2 is 1.59 bits per heavy atom. The molecule has 0 N–H and O–H groups in total. The van der Waals surface area contributed by atoms with Gasteiger partial charge in [-0.2, -0.15) is 0 Å². The zero-order valence-corrected chi connectivity index (χ0v) is 19.7. The van der Waals surface area contributed by atoms with Crippen LogP contribution in [0.5, 0.6) is 5.75 Å². The lowest BCUT2D eigenvalue weighted by molar-refractivity contribution is 0.0787. The quantitative estimate of drug-likeness (QED) is 0.585. The van der Waals surface area contributed by atoms with Gasteiger partial charge in [-0.25, -0.2) is 0 Å². The number of pyridine rings is 1. The standard InChI is InChI=1S/C28H31N3O3/c1-34-25-19-26(32)31-18-17-29(16-13-24(31)27(25)28(33)30-14-5-6-15-30)20-21-9-11-23(12-10-21)22-7-3-2-4-8-22/h2-4,7-12,19H,5-6,13-18,20H2,1H3. The summed E-state index contributed by atoms with van der Waals surface area (Å²) >= 11 is 0. The van der Waals surface area contributed by atoms with Gasteiger partial charge in [-0.15, -0.1) is 0 Å². The number of nitrogens with zero attached hydrogens (tertiary/aromatic N) is 3. The van der Waals surface area contributed by atoms with E-state index in [9.17, 15) is 9.59 Å². The molecule has 3 aromatic rings. The first-order valence-electron chi connectivity index (χ1n) is 12.1. The molecule has 2 aromatic carbocycles. The summed E-state index contributed by atoms with van der Waals surface area (Å²) in [6.07, 6.45) is 2.70. The molecule has 0 aliphatic carbocycles. The number of fused-ring (bicyclic) bond motifs is 1. The second-order valence-electron chi connectivity index (χ2n) is 9.11. The highest BCUT2D eigenvalue weighted by atomic mass is 16.5. The second kappa shape index (κ2) is 9.85. The van der Waals surface area contributed by atoms with Gasteiger partial charge in [-0.05, 0) is 29.5 Å². The molecule has 0 unspecified atom stereocenters. The molecule has 1 amide bonds. The molecule has 2 aliphatic heterocycles. The Morgan fingerprint density at radius 3 is 2.29 bits per heavy atom. The van der Waals surface area contributed by atoms with E-state index in [4.69, 9.17) is 4.74 Å². The van der Waals surface area contributed by atoms with E-state index in [0.717, 1.165) is 51.3 Å². The fourth-order valence-corrected chi connectivity index (χ4v) is 5.11. The molecule has 5 rings (SSSR count). The number of carbonyl (C=O) groups is 1. The van der Waals surface area contributed by atoms with Crippen molar-refractivity contribution in [1.29, 1.82) is 0 Å². The van der Waals surface area contributed by atoms with E-state index in [1.54, 1.807) is 4.57 Å². The van der Waals surface area contributed by atoms with Gasteiger partial charge in [0, 0.05) is 57.4 Å². The van der Waals surface area contributed by atoms with Crippen LogP contribution in [0.4, 0.5) is 0 Å². The third-order valence-electron chi connectivity index (χ3n) is 6.98. The van der Waals surface area contributed by atoms with Gasteiger partial charge in [-0.1, -0.05) is 54.6 Å². The normalized spacial score (nSPS) is 16.2. The molecule has 0 saturated carbocycles. The van der Waals surface area contributed by atoms with Crippen LogP contribution in [0.25, 0.3) is 11.1 Å². The molecule has 176 valence electrons. The van der Waals surface area contributed by atoms with E-state index < -0.39 is 0 Å². The maximum Gasteiger partial charge on any atom is 0.259 e. The Hall–Kier alpha value is -3.38. The van der Waals surface area contributed by atoms with Gasteiger partial charge in [0.2, 0.25) is 0 Å². The lowest BCUT2D eigenvalue weighted by Crippen LogP contribution is -2.33. The van der Waals surface area contributed by atoms with Crippen molar-refractivity contribution < 1.29 is 9.53 Å². The number of benzene rings is 2. The number of rotatable bonds is 5. The Morgan fingerprint density at radius 1 is 0.882 bits per heavy atom. The molecule has 1 fully saturated rings. The number of aromatic nitrogens is 1. The Bertz CT molecular complexity index is 1210. The van der Waals surface area contributed by atoms with Gasteiger partial charge < -0.3 is 14.2 Å². The summed E-state index contributed by atoms with van der Waals surface area (Å²) in [5, 5.41) is 0. The maximum absolute atomic E-state index is 13.4. The Labute approximate surface area is 200 Å². The first-order chi connectivity index (χ1) is 16.6. The summed E-state index contributed by atoms with van der Waals surface area (Å²) in [5.41, 5.74) is 4.93. The average Bonchev–Trinajstić information content (AvgIpc) is 3.33. The Kier molecular flexibility index (Phi) is 6.50. The van der Waals surface area contributed by atoms with Crippen molar-refractivity contribution in [3.05, 3.63) is 87.8 Å². The van der Waals surface area contributed by atoms with Gasteiger partial charge in [0.1, 0.15) is 11.3 Å². The third-order valence-corrected chi connectivity index (χ3v) is 6.98. The number of amides is 1. The monoisotopic (exact) mass is 457 g/mol. The van der Waals surface area contributed by atoms with Crippen LogP contribution in [-0.2, 0) is 19.5 Å². The lowest BCUT2D eigenvalue weighted by Gasteiger charge is -2.21. The van der Waals surface area contributed by atoms with Gasteiger partial charge in [0.05, 0.1) is 7.11 Å². The van der Waals surface area contributed by atoms with Crippen molar-refractivity contribution in [3.8, 4) is 16.9 Å². The summed E-state index contributed by atoms with van der Waals surface area (Å²) in [6, 6.07) is 20.5. The predicted molar refractivity (Wildman–Crippen MR) is 133 cm³/mol. The SMILES string of the molecule is COc1cc(=O)n2c(c1C(=O)N1CCCC1)CCN(Cc1ccc(-c3ccccc3)cc1)CC2. The number of hydrogen-bond acceptors (Lipinski definition) is 4. The second-order valence-corrected chi connectivity index (χ2v) is 9.11. The largest absolute Gasteiger partial charge is 0.496 e. The number of ether oxygens (including phenoxy) is 1. The summed E-state index contributed by atoms with van der Waals surface area (Å²) in [4.78, 5) is 30.5. The van der Waals surface area contributed by atoms with Gasteiger partial charge in [0.25, 0.3) is 11.5 Å². The van der Waals surface area contributed by atoms with E-state index in [0.29, 0.717) is 24.3 Å². The van der Waals surface area contributed by atoms with E-state index >= 15 is 0 Å². The zero-order chi connectivity index (χ0) is 23.5. The molecule has 3 heterocycles. The number of carbonyl (C=O) groups excluding carboxylic acids is 1.